The van der Waals surface area contributed by atoms with Gasteiger partial charge in [-0.15, -0.1) is 0 Å². The van der Waals surface area contributed by atoms with E-state index in [1.807, 2.05) is 11.0 Å². The number of nitrogens with zero attached hydrogens (tertiary/aromatic N) is 4. The summed E-state index contributed by atoms with van der Waals surface area (Å²) in [6.07, 6.45) is 4.27. The van der Waals surface area contributed by atoms with E-state index in [4.69, 9.17) is 0 Å². The second-order valence-electron chi connectivity index (χ2n) is 6.51. The number of hydrogen-bond acceptors (Lipinski definition) is 4. The van der Waals surface area contributed by atoms with Crippen molar-refractivity contribution in [2.45, 2.75) is 26.3 Å². The molecule has 1 atom stereocenters. The lowest BCUT2D eigenvalue weighted by Crippen LogP contribution is -2.54. The maximum absolute atomic E-state index is 13.0. The Bertz CT molecular complexity index is 663. The molecule has 0 aromatic carbocycles. The minimum Gasteiger partial charge on any atom is -0.346 e. The van der Waals surface area contributed by atoms with Gasteiger partial charge >= 0.3 is 0 Å². The lowest BCUT2D eigenvalue weighted by atomic mass is 9.99. The van der Waals surface area contributed by atoms with E-state index in [0.29, 0.717) is 17.3 Å². The zero-order valence-corrected chi connectivity index (χ0v) is 13.4. The molecule has 3 rings (SSSR count). The van der Waals surface area contributed by atoms with Crippen molar-refractivity contribution in [1.29, 1.82) is 0 Å². The van der Waals surface area contributed by atoms with Crippen LogP contribution in [-0.2, 0) is 0 Å². The van der Waals surface area contributed by atoms with Gasteiger partial charge in [0.25, 0.3) is 5.91 Å². The summed E-state index contributed by atoms with van der Waals surface area (Å²) in [5, 5.41) is 0.801. The van der Waals surface area contributed by atoms with E-state index in [9.17, 15) is 4.79 Å². The number of hydrogen-bond donors (Lipinski definition) is 1. The zero-order chi connectivity index (χ0) is 15.7. The highest BCUT2D eigenvalue weighted by atomic mass is 16.2. The third-order valence-corrected chi connectivity index (χ3v) is 4.25. The van der Waals surface area contributed by atoms with Gasteiger partial charge in [-0.2, -0.15) is 0 Å². The summed E-state index contributed by atoms with van der Waals surface area (Å²) in [7, 11) is 2.12. The Balaban J connectivity index is 1.90. The number of amides is 1. The van der Waals surface area contributed by atoms with Gasteiger partial charge in [-0.3, -0.25) is 4.79 Å². The minimum atomic E-state index is 0.0192. The molecule has 0 saturated carbocycles. The minimum absolute atomic E-state index is 0.0192. The van der Waals surface area contributed by atoms with Crippen molar-refractivity contribution in [3.63, 3.8) is 0 Å². The predicted molar refractivity (Wildman–Crippen MR) is 85.7 cm³/mol. The van der Waals surface area contributed by atoms with Crippen LogP contribution in [0.2, 0.25) is 0 Å². The summed E-state index contributed by atoms with van der Waals surface area (Å²) in [6, 6.07) is 2.12. The van der Waals surface area contributed by atoms with Gasteiger partial charge in [0.1, 0.15) is 17.7 Å². The van der Waals surface area contributed by atoms with Crippen molar-refractivity contribution in [1.82, 2.24) is 24.8 Å². The highest BCUT2D eigenvalue weighted by molar-refractivity contribution is 6.03. The summed E-state index contributed by atoms with van der Waals surface area (Å²) >= 11 is 0. The van der Waals surface area contributed by atoms with Gasteiger partial charge in [0.2, 0.25) is 0 Å². The first-order valence-corrected chi connectivity index (χ1v) is 7.84. The van der Waals surface area contributed by atoms with Gasteiger partial charge in [0.05, 0.1) is 5.39 Å². The van der Waals surface area contributed by atoms with Gasteiger partial charge in [-0.1, -0.05) is 13.8 Å². The van der Waals surface area contributed by atoms with Gasteiger partial charge in [-0.05, 0) is 25.5 Å². The molecule has 1 saturated heterocycles. The molecule has 1 N–H and O–H groups in total. The third kappa shape index (κ3) is 2.83. The molecule has 22 heavy (non-hydrogen) atoms. The molecular formula is C16H23N5O. The Kier molecular flexibility index (Phi) is 4.11. The quantitative estimate of drug-likeness (QED) is 0.938. The van der Waals surface area contributed by atoms with Crippen molar-refractivity contribution in [3.05, 3.63) is 24.3 Å². The molecule has 0 spiro atoms. The van der Waals surface area contributed by atoms with E-state index in [1.165, 1.54) is 6.33 Å². The van der Waals surface area contributed by atoms with Crippen LogP contribution >= 0.6 is 0 Å². The molecule has 0 radical (unpaired) electrons. The number of likely N-dealkylation sites (N-methyl/N-ethyl adjacent to an activating group) is 1. The molecule has 1 unspecified atom stereocenters. The Morgan fingerprint density at radius 2 is 2.23 bits per heavy atom. The molecule has 2 aromatic heterocycles. The maximum atomic E-state index is 13.0. The monoisotopic (exact) mass is 301 g/mol. The van der Waals surface area contributed by atoms with Crippen LogP contribution in [0.3, 0.4) is 0 Å². The van der Waals surface area contributed by atoms with Crippen LogP contribution in [0.25, 0.3) is 11.0 Å². The van der Waals surface area contributed by atoms with Crippen LogP contribution in [-0.4, -0.2) is 63.4 Å². The van der Waals surface area contributed by atoms with E-state index in [2.05, 4.69) is 40.7 Å². The zero-order valence-electron chi connectivity index (χ0n) is 13.4. The Morgan fingerprint density at radius 1 is 1.41 bits per heavy atom. The van der Waals surface area contributed by atoms with Crippen molar-refractivity contribution in [2.24, 2.45) is 5.92 Å². The largest absolute Gasteiger partial charge is 0.346 e. The molecule has 6 heteroatoms. The van der Waals surface area contributed by atoms with Crippen molar-refractivity contribution in [2.75, 3.05) is 26.7 Å². The average molecular weight is 301 g/mol. The molecule has 1 aliphatic heterocycles. The number of carbonyl (C=O) groups excluding carboxylic acids is 1. The maximum Gasteiger partial charge on any atom is 0.273 e. The molecule has 6 nitrogen and oxygen atoms in total. The van der Waals surface area contributed by atoms with Crippen LogP contribution in [0.15, 0.2) is 18.6 Å². The van der Waals surface area contributed by atoms with Gasteiger partial charge < -0.3 is 14.8 Å². The van der Waals surface area contributed by atoms with Gasteiger partial charge in [0.15, 0.2) is 0 Å². The number of carbonyl (C=O) groups is 1. The highest BCUT2D eigenvalue weighted by Crippen LogP contribution is 2.21. The van der Waals surface area contributed by atoms with Crippen LogP contribution in [0.1, 0.15) is 30.8 Å². The van der Waals surface area contributed by atoms with Crippen molar-refractivity contribution >= 4 is 16.9 Å². The number of H-pyrrole nitrogens is 1. The molecule has 1 fully saturated rings. The van der Waals surface area contributed by atoms with Crippen LogP contribution in [0.4, 0.5) is 0 Å². The topological polar surface area (TPSA) is 65.1 Å². The number of piperazine rings is 1. The summed E-state index contributed by atoms with van der Waals surface area (Å²) in [5.41, 5.74) is 1.22. The Morgan fingerprint density at radius 3 is 3.00 bits per heavy atom. The van der Waals surface area contributed by atoms with E-state index < -0.39 is 0 Å². The van der Waals surface area contributed by atoms with Crippen molar-refractivity contribution in [3.8, 4) is 0 Å². The first-order valence-electron chi connectivity index (χ1n) is 7.84. The highest BCUT2D eigenvalue weighted by Gasteiger charge is 2.31. The number of fused-ring (bicyclic) bond motifs is 1. The average Bonchev–Trinajstić information content (AvgIpc) is 2.94. The standard InChI is InChI=1S/C16H23N5O/c1-11(2)8-12-9-20(3)6-7-21(12)16(22)14-13-4-5-17-15(13)19-10-18-14/h4-5,10-12H,6-9H2,1-3H3,(H,17,18,19). The summed E-state index contributed by atoms with van der Waals surface area (Å²) in [4.78, 5) is 28.8. The van der Waals surface area contributed by atoms with Crippen LogP contribution < -0.4 is 0 Å². The van der Waals surface area contributed by atoms with E-state index in [0.717, 1.165) is 31.4 Å². The second-order valence-corrected chi connectivity index (χ2v) is 6.51. The number of rotatable bonds is 3. The van der Waals surface area contributed by atoms with Gasteiger partial charge in [0, 0.05) is 31.9 Å². The number of aromatic nitrogens is 3. The van der Waals surface area contributed by atoms with Crippen LogP contribution in [0.5, 0.6) is 0 Å². The number of aromatic amines is 1. The van der Waals surface area contributed by atoms with E-state index in [1.54, 1.807) is 6.20 Å². The molecular weight excluding hydrogens is 278 g/mol. The molecule has 1 amide bonds. The molecule has 1 aliphatic rings. The third-order valence-electron chi connectivity index (χ3n) is 4.25. The normalized spacial score (nSPS) is 20.0. The second kappa shape index (κ2) is 6.04. The lowest BCUT2D eigenvalue weighted by molar-refractivity contribution is 0.0456. The SMILES string of the molecule is CC(C)CC1CN(C)CCN1C(=O)c1ncnc2[nH]ccc12. The molecule has 0 bridgehead atoms. The summed E-state index contributed by atoms with van der Waals surface area (Å²) in [5.74, 6) is 0.579. The van der Waals surface area contributed by atoms with E-state index >= 15 is 0 Å². The summed E-state index contributed by atoms with van der Waals surface area (Å²) < 4.78 is 0. The Labute approximate surface area is 130 Å². The van der Waals surface area contributed by atoms with Gasteiger partial charge in [-0.25, -0.2) is 9.97 Å². The smallest absolute Gasteiger partial charge is 0.273 e. The first kappa shape index (κ1) is 15.0. The summed E-state index contributed by atoms with van der Waals surface area (Å²) in [6.45, 7) is 6.98. The van der Waals surface area contributed by atoms with Crippen molar-refractivity contribution < 1.29 is 4.79 Å². The molecule has 2 aromatic rings. The first-order chi connectivity index (χ1) is 10.6. The van der Waals surface area contributed by atoms with Crippen LogP contribution in [0, 0.1) is 5.92 Å². The fourth-order valence-electron chi connectivity index (χ4n) is 3.20. The molecule has 3 heterocycles. The Hall–Kier alpha value is -1.95. The fourth-order valence-corrected chi connectivity index (χ4v) is 3.20. The molecule has 0 aliphatic carbocycles. The fraction of sp³-hybridized carbons (Fsp3) is 0.562. The predicted octanol–water partition coefficient (Wildman–Crippen LogP) is 1.76. The lowest BCUT2D eigenvalue weighted by Gasteiger charge is -2.40. The molecule has 118 valence electrons. The number of nitrogens with one attached hydrogen (secondary N) is 1. The van der Waals surface area contributed by atoms with E-state index in [-0.39, 0.29) is 11.9 Å².